The number of amides is 1. The maximum atomic E-state index is 12.8. The third kappa shape index (κ3) is 4.80. The van der Waals surface area contributed by atoms with Crippen LogP contribution in [0.3, 0.4) is 0 Å². The van der Waals surface area contributed by atoms with Crippen LogP contribution in [0.15, 0.2) is 23.1 Å². The van der Waals surface area contributed by atoms with Gasteiger partial charge in [-0.25, -0.2) is 8.42 Å². The number of nitrogens with one attached hydrogen (secondary N) is 1. The average Bonchev–Trinajstić information content (AvgIpc) is 2.57. The maximum Gasteiger partial charge on any atom is 0.243 e. The number of carbonyl (C=O) groups excluding carboxylic acids is 1. The molecule has 1 fully saturated rings. The number of hydrogen-bond donors (Lipinski definition) is 1. The van der Waals surface area contributed by atoms with E-state index in [1.165, 1.54) is 4.31 Å². The standard InChI is InChI=1S/C18H28N2O4S/c1-13-5-6-17(11-14(13)2)25(22,23)20-9-7-16(8-10-20)18(21)19-15(3)12-24-4/h5-6,11,15-16H,7-10,12H2,1-4H3,(H,19,21). The number of sulfonamides is 1. The van der Waals surface area contributed by atoms with Crippen molar-refractivity contribution in [1.82, 2.24) is 9.62 Å². The molecule has 1 heterocycles. The van der Waals surface area contributed by atoms with Crippen LogP contribution in [-0.4, -0.2) is 51.5 Å². The number of ether oxygens (including phenoxy) is 1. The minimum Gasteiger partial charge on any atom is -0.383 e. The van der Waals surface area contributed by atoms with E-state index in [0.29, 0.717) is 37.4 Å². The quantitative estimate of drug-likeness (QED) is 0.831. The van der Waals surface area contributed by atoms with Crippen LogP contribution in [0.1, 0.15) is 30.9 Å². The van der Waals surface area contributed by atoms with Gasteiger partial charge in [0.05, 0.1) is 11.5 Å². The molecule has 6 nitrogen and oxygen atoms in total. The second-order valence-corrected chi connectivity index (χ2v) is 8.73. The number of aryl methyl sites for hydroxylation is 2. The Hall–Kier alpha value is -1.44. The summed E-state index contributed by atoms with van der Waals surface area (Å²) in [5.74, 6) is -0.168. The van der Waals surface area contributed by atoms with E-state index in [4.69, 9.17) is 4.74 Å². The summed E-state index contributed by atoms with van der Waals surface area (Å²) in [5, 5.41) is 2.92. The number of nitrogens with zero attached hydrogens (tertiary/aromatic N) is 1. The molecule has 0 saturated carbocycles. The van der Waals surface area contributed by atoms with E-state index in [-0.39, 0.29) is 17.9 Å². The molecule has 0 aliphatic carbocycles. The summed E-state index contributed by atoms with van der Waals surface area (Å²) < 4.78 is 32.1. The molecule has 7 heteroatoms. The molecule has 1 N–H and O–H groups in total. The first kappa shape index (κ1) is 19.9. The number of piperidine rings is 1. The lowest BCUT2D eigenvalue weighted by molar-refractivity contribution is -0.127. The summed E-state index contributed by atoms with van der Waals surface area (Å²) in [4.78, 5) is 12.6. The fourth-order valence-corrected chi connectivity index (χ4v) is 4.59. The Morgan fingerprint density at radius 1 is 1.28 bits per heavy atom. The van der Waals surface area contributed by atoms with Crippen LogP contribution in [-0.2, 0) is 19.6 Å². The van der Waals surface area contributed by atoms with E-state index in [2.05, 4.69) is 5.32 Å². The van der Waals surface area contributed by atoms with Crippen molar-refractivity contribution in [3.63, 3.8) is 0 Å². The van der Waals surface area contributed by atoms with Gasteiger partial charge in [0, 0.05) is 32.2 Å². The first-order valence-electron chi connectivity index (χ1n) is 8.62. The van der Waals surface area contributed by atoms with Crippen molar-refractivity contribution >= 4 is 15.9 Å². The SMILES string of the molecule is COCC(C)NC(=O)C1CCN(S(=O)(=O)c2ccc(C)c(C)c2)CC1. The Kier molecular flexibility index (Phi) is 6.59. The van der Waals surface area contributed by atoms with Gasteiger partial charge in [0.2, 0.25) is 15.9 Å². The minimum atomic E-state index is -3.50. The monoisotopic (exact) mass is 368 g/mol. The van der Waals surface area contributed by atoms with Crippen LogP contribution < -0.4 is 5.32 Å². The van der Waals surface area contributed by atoms with Gasteiger partial charge in [-0.1, -0.05) is 6.07 Å². The molecule has 1 unspecified atom stereocenters. The maximum absolute atomic E-state index is 12.8. The number of rotatable bonds is 6. The molecular weight excluding hydrogens is 340 g/mol. The zero-order valence-corrected chi connectivity index (χ0v) is 16.2. The van der Waals surface area contributed by atoms with Gasteiger partial charge in [-0.2, -0.15) is 4.31 Å². The van der Waals surface area contributed by atoms with Gasteiger partial charge in [0.1, 0.15) is 0 Å². The van der Waals surface area contributed by atoms with Crippen LogP contribution in [0, 0.1) is 19.8 Å². The normalized spacial score (nSPS) is 18.1. The van der Waals surface area contributed by atoms with Gasteiger partial charge >= 0.3 is 0 Å². The van der Waals surface area contributed by atoms with Crippen LogP contribution in [0.2, 0.25) is 0 Å². The Morgan fingerprint density at radius 2 is 1.92 bits per heavy atom. The molecule has 0 bridgehead atoms. The van der Waals surface area contributed by atoms with E-state index in [1.54, 1.807) is 19.2 Å². The highest BCUT2D eigenvalue weighted by atomic mass is 32.2. The van der Waals surface area contributed by atoms with Crippen molar-refractivity contribution in [1.29, 1.82) is 0 Å². The molecule has 140 valence electrons. The first-order valence-corrected chi connectivity index (χ1v) is 10.1. The predicted molar refractivity (Wildman–Crippen MR) is 96.9 cm³/mol. The fraction of sp³-hybridized carbons (Fsp3) is 0.611. The van der Waals surface area contributed by atoms with Gasteiger partial charge in [-0.3, -0.25) is 4.79 Å². The average molecular weight is 368 g/mol. The number of carbonyl (C=O) groups is 1. The van der Waals surface area contributed by atoms with Crippen LogP contribution in [0.4, 0.5) is 0 Å². The third-order valence-corrected chi connectivity index (χ3v) is 6.64. The summed E-state index contributed by atoms with van der Waals surface area (Å²) in [6.45, 7) is 6.96. The van der Waals surface area contributed by atoms with Crippen molar-refractivity contribution < 1.29 is 17.9 Å². The second kappa shape index (κ2) is 8.29. The minimum absolute atomic E-state index is 0.0206. The van der Waals surface area contributed by atoms with Crippen molar-refractivity contribution in [2.45, 2.75) is 44.6 Å². The van der Waals surface area contributed by atoms with Gasteiger partial charge in [-0.15, -0.1) is 0 Å². The van der Waals surface area contributed by atoms with Gasteiger partial charge in [0.25, 0.3) is 0 Å². The van der Waals surface area contributed by atoms with Gasteiger partial charge in [-0.05, 0) is 56.9 Å². The van der Waals surface area contributed by atoms with E-state index < -0.39 is 10.0 Å². The van der Waals surface area contributed by atoms with Crippen LogP contribution >= 0.6 is 0 Å². The van der Waals surface area contributed by atoms with E-state index in [1.807, 2.05) is 26.8 Å². The lowest BCUT2D eigenvalue weighted by Gasteiger charge is -2.31. The Morgan fingerprint density at radius 3 is 2.48 bits per heavy atom. The largest absolute Gasteiger partial charge is 0.383 e. The molecule has 1 atom stereocenters. The molecular formula is C18H28N2O4S. The lowest BCUT2D eigenvalue weighted by Crippen LogP contribution is -2.45. The molecule has 1 aromatic rings. The highest BCUT2D eigenvalue weighted by Crippen LogP contribution is 2.25. The second-order valence-electron chi connectivity index (χ2n) is 6.79. The summed E-state index contributed by atoms with van der Waals surface area (Å²) in [6, 6.07) is 5.16. The van der Waals surface area contributed by atoms with Gasteiger partial charge < -0.3 is 10.1 Å². The topological polar surface area (TPSA) is 75.7 Å². The highest BCUT2D eigenvalue weighted by Gasteiger charge is 2.32. The van der Waals surface area contributed by atoms with Crippen LogP contribution in [0.5, 0.6) is 0 Å². The lowest BCUT2D eigenvalue weighted by atomic mass is 9.97. The predicted octanol–water partition coefficient (Wildman–Crippen LogP) is 1.86. The Bertz CT molecular complexity index is 710. The van der Waals surface area contributed by atoms with Crippen molar-refractivity contribution in [2.75, 3.05) is 26.8 Å². The molecule has 1 aromatic carbocycles. The van der Waals surface area contributed by atoms with Crippen molar-refractivity contribution in [2.24, 2.45) is 5.92 Å². The van der Waals surface area contributed by atoms with Crippen molar-refractivity contribution in [3.8, 4) is 0 Å². The summed E-state index contributed by atoms with van der Waals surface area (Å²) >= 11 is 0. The highest BCUT2D eigenvalue weighted by molar-refractivity contribution is 7.89. The smallest absolute Gasteiger partial charge is 0.243 e. The number of methoxy groups -OCH3 is 1. The van der Waals surface area contributed by atoms with Gasteiger partial charge in [0.15, 0.2) is 0 Å². The number of hydrogen-bond acceptors (Lipinski definition) is 4. The molecule has 2 rings (SSSR count). The summed E-state index contributed by atoms with van der Waals surface area (Å²) in [7, 11) is -1.90. The number of benzene rings is 1. The van der Waals surface area contributed by atoms with E-state index in [9.17, 15) is 13.2 Å². The van der Waals surface area contributed by atoms with Crippen LogP contribution in [0.25, 0.3) is 0 Å². The zero-order valence-electron chi connectivity index (χ0n) is 15.4. The Labute approximate surface area is 150 Å². The first-order chi connectivity index (χ1) is 11.8. The Balaban J connectivity index is 1.99. The molecule has 0 radical (unpaired) electrons. The molecule has 0 aromatic heterocycles. The van der Waals surface area contributed by atoms with E-state index >= 15 is 0 Å². The zero-order chi connectivity index (χ0) is 18.6. The molecule has 0 spiro atoms. The fourth-order valence-electron chi connectivity index (χ4n) is 3.03. The van der Waals surface area contributed by atoms with Crippen molar-refractivity contribution in [3.05, 3.63) is 29.3 Å². The molecule has 25 heavy (non-hydrogen) atoms. The molecule has 1 amide bonds. The summed E-state index contributed by atoms with van der Waals surface area (Å²) in [5.41, 5.74) is 2.03. The molecule has 1 aliphatic rings. The summed E-state index contributed by atoms with van der Waals surface area (Å²) in [6.07, 6.45) is 1.07. The van der Waals surface area contributed by atoms with E-state index in [0.717, 1.165) is 11.1 Å². The molecule has 1 saturated heterocycles. The molecule has 1 aliphatic heterocycles. The third-order valence-electron chi connectivity index (χ3n) is 4.75.